The Balaban J connectivity index is 1.39. The Hall–Kier alpha value is -3.91. The van der Waals surface area contributed by atoms with E-state index in [-0.39, 0.29) is 11.7 Å². The molecule has 4 rings (SSSR count). The van der Waals surface area contributed by atoms with E-state index < -0.39 is 0 Å². The highest BCUT2D eigenvalue weighted by molar-refractivity contribution is 5.97. The molecule has 0 fully saturated rings. The van der Waals surface area contributed by atoms with Gasteiger partial charge >= 0.3 is 0 Å². The Morgan fingerprint density at radius 3 is 2.53 bits per heavy atom. The van der Waals surface area contributed by atoms with E-state index in [1.165, 1.54) is 12.1 Å². The number of hydrogen-bond donors (Lipinski definition) is 1. The number of halogens is 1. The molecule has 1 N–H and O–H groups in total. The predicted octanol–water partition coefficient (Wildman–Crippen LogP) is 3.91. The van der Waals surface area contributed by atoms with Crippen LogP contribution in [0.2, 0.25) is 0 Å². The van der Waals surface area contributed by atoms with Crippen LogP contribution in [0.15, 0.2) is 73.1 Å². The lowest BCUT2D eigenvalue weighted by Gasteiger charge is -2.11. The number of carbonyl (C=O) groups is 1. The quantitative estimate of drug-likeness (QED) is 0.362. The van der Waals surface area contributed by atoms with Gasteiger partial charge < -0.3 is 19.7 Å². The third kappa shape index (κ3) is 5.90. The third-order valence-corrected chi connectivity index (χ3v) is 5.18. The molecule has 1 amide bonds. The molecule has 0 radical (unpaired) electrons. The van der Waals surface area contributed by atoms with E-state index >= 15 is 0 Å². The molecule has 0 bridgehead atoms. The highest BCUT2D eigenvalue weighted by atomic mass is 19.1. The van der Waals surface area contributed by atoms with E-state index in [1.54, 1.807) is 30.6 Å². The number of nitrogens with zero attached hydrogens (tertiary/aromatic N) is 3. The van der Waals surface area contributed by atoms with Gasteiger partial charge in [-0.2, -0.15) is 0 Å². The number of fused-ring (bicyclic) bond motifs is 1. The second-order valence-corrected chi connectivity index (χ2v) is 8.03. The van der Waals surface area contributed by atoms with Gasteiger partial charge in [0.15, 0.2) is 0 Å². The summed E-state index contributed by atoms with van der Waals surface area (Å²) in [4.78, 5) is 18.9. The van der Waals surface area contributed by atoms with Crippen molar-refractivity contribution in [3.63, 3.8) is 0 Å². The van der Waals surface area contributed by atoms with Gasteiger partial charge in [0.1, 0.15) is 36.9 Å². The van der Waals surface area contributed by atoms with E-state index in [9.17, 15) is 9.18 Å². The monoisotopic (exact) mass is 462 g/mol. The van der Waals surface area contributed by atoms with Crippen molar-refractivity contribution in [1.29, 1.82) is 0 Å². The maximum atomic E-state index is 13.0. The van der Waals surface area contributed by atoms with Crippen molar-refractivity contribution >= 4 is 16.9 Å². The zero-order valence-electron chi connectivity index (χ0n) is 19.2. The van der Waals surface area contributed by atoms with Crippen LogP contribution in [-0.2, 0) is 0 Å². The van der Waals surface area contributed by atoms with Gasteiger partial charge in [-0.25, -0.2) is 9.37 Å². The summed E-state index contributed by atoms with van der Waals surface area (Å²) in [5.41, 5.74) is 3.10. The topological polar surface area (TPSA) is 68.6 Å². The van der Waals surface area contributed by atoms with Crippen LogP contribution in [-0.4, -0.2) is 60.8 Å². The molecule has 1 heterocycles. The number of ether oxygens (including phenoxy) is 2. The van der Waals surface area contributed by atoms with Crippen molar-refractivity contribution in [2.45, 2.75) is 0 Å². The number of amides is 1. The minimum atomic E-state index is -0.299. The fourth-order valence-corrected chi connectivity index (χ4v) is 3.43. The van der Waals surface area contributed by atoms with E-state index in [1.807, 2.05) is 53.9 Å². The number of benzene rings is 3. The first-order valence-electron chi connectivity index (χ1n) is 11.0. The first-order chi connectivity index (χ1) is 16.5. The summed E-state index contributed by atoms with van der Waals surface area (Å²) in [6.07, 6.45) is 1.73. The predicted molar refractivity (Wildman–Crippen MR) is 129 cm³/mol. The van der Waals surface area contributed by atoms with Crippen molar-refractivity contribution in [2.75, 3.05) is 40.4 Å². The molecule has 0 atom stereocenters. The summed E-state index contributed by atoms with van der Waals surface area (Å²) in [7, 11) is 3.93. The average Bonchev–Trinajstić information content (AvgIpc) is 3.26. The van der Waals surface area contributed by atoms with Gasteiger partial charge in [0, 0.05) is 24.7 Å². The van der Waals surface area contributed by atoms with Gasteiger partial charge in [-0.05, 0) is 68.7 Å². The highest BCUT2D eigenvalue weighted by Gasteiger charge is 2.11. The maximum Gasteiger partial charge on any atom is 0.251 e. The van der Waals surface area contributed by atoms with Crippen LogP contribution < -0.4 is 14.8 Å². The zero-order valence-corrected chi connectivity index (χ0v) is 19.2. The van der Waals surface area contributed by atoms with Crippen LogP contribution in [0.3, 0.4) is 0 Å². The van der Waals surface area contributed by atoms with Crippen molar-refractivity contribution in [3.8, 4) is 17.2 Å². The lowest BCUT2D eigenvalue weighted by Crippen LogP contribution is -2.31. The molecular weight excluding hydrogens is 435 g/mol. The number of carbonyl (C=O) groups excluding carboxylic acids is 1. The molecule has 7 nitrogen and oxygen atoms in total. The summed E-state index contributed by atoms with van der Waals surface area (Å²) >= 11 is 0. The van der Waals surface area contributed by atoms with Gasteiger partial charge in [-0.15, -0.1) is 0 Å². The number of hydrogen-bond acceptors (Lipinski definition) is 5. The van der Waals surface area contributed by atoms with Crippen LogP contribution >= 0.6 is 0 Å². The summed E-state index contributed by atoms with van der Waals surface area (Å²) < 4.78 is 26.3. The fraction of sp³-hybridized carbons (Fsp3) is 0.231. The molecule has 0 aliphatic carbocycles. The summed E-state index contributed by atoms with van der Waals surface area (Å²) in [5.74, 6) is 0.872. The second-order valence-electron chi connectivity index (χ2n) is 8.03. The lowest BCUT2D eigenvalue weighted by atomic mass is 10.2. The Labute approximate surface area is 197 Å². The van der Waals surface area contributed by atoms with E-state index in [4.69, 9.17) is 9.47 Å². The molecule has 0 spiro atoms. The Morgan fingerprint density at radius 2 is 1.76 bits per heavy atom. The zero-order chi connectivity index (χ0) is 23.9. The molecule has 3 aromatic carbocycles. The number of nitrogens with one attached hydrogen (secondary N) is 1. The van der Waals surface area contributed by atoms with Crippen LogP contribution in [0, 0.1) is 5.82 Å². The molecular formula is C26H27FN4O3. The van der Waals surface area contributed by atoms with Gasteiger partial charge in [-0.1, -0.05) is 6.07 Å². The standard InChI is InChI=1S/C26H27FN4O3/c1-30(2)13-12-28-26(32)19-6-11-25-24(16-19)29-18-31(25)21-4-3-5-23(17-21)34-15-14-33-22-9-7-20(27)8-10-22/h3-11,16-18H,12-15H2,1-2H3,(H,28,32). The van der Waals surface area contributed by atoms with Crippen molar-refractivity contribution in [1.82, 2.24) is 19.8 Å². The van der Waals surface area contributed by atoms with Gasteiger partial charge in [-0.3, -0.25) is 9.36 Å². The van der Waals surface area contributed by atoms with Crippen LogP contribution in [0.25, 0.3) is 16.7 Å². The molecule has 4 aromatic rings. The molecule has 0 aliphatic rings. The Bertz CT molecular complexity index is 1250. The van der Waals surface area contributed by atoms with Crippen molar-refractivity contribution in [3.05, 3.63) is 84.4 Å². The smallest absolute Gasteiger partial charge is 0.251 e. The van der Waals surface area contributed by atoms with Gasteiger partial charge in [0.2, 0.25) is 0 Å². The molecule has 0 saturated carbocycles. The molecule has 0 aliphatic heterocycles. The molecule has 176 valence electrons. The van der Waals surface area contributed by atoms with Crippen molar-refractivity contribution in [2.24, 2.45) is 0 Å². The normalized spacial score (nSPS) is 11.1. The lowest BCUT2D eigenvalue weighted by molar-refractivity contribution is 0.0951. The van der Waals surface area contributed by atoms with Crippen LogP contribution in [0.5, 0.6) is 11.5 Å². The molecule has 8 heteroatoms. The highest BCUT2D eigenvalue weighted by Crippen LogP contribution is 2.23. The first kappa shape index (κ1) is 23.3. The molecule has 1 aromatic heterocycles. The molecule has 0 unspecified atom stereocenters. The molecule has 0 saturated heterocycles. The van der Waals surface area contributed by atoms with Crippen LogP contribution in [0.1, 0.15) is 10.4 Å². The van der Waals surface area contributed by atoms with Crippen LogP contribution in [0.4, 0.5) is 4.39 Å². The Kier molecular flexibility index (Phi) is 7.39. The summed E-state index contributed by atoms with van der Waals surface area (Å²) in [5, 5.41) is 2.92. The van der Waals surface area contributed by atoms with Gasteiger partial charge in [0.05, 0.1) is 16.7 Å². The van der Waals surface area contributed by atoms with E-state index in [0.717, 1.165) is 23.3 Å². The maximum absolute atomic E-state index is 13.0. The fourth-order valence-electron chi connectivity index (χ4n) is 3.43. The number of aromatic nitrogens is 2. The van der Waals surface area contributed by atoms with E-state index in [2.05, 4.69) is 10.3 Å². The van der Waals surface area contributed by atoms with Crippen molar-refractivity contribution < 1.29 is 18.7 Å². The largest absolute Gasteiger partial charge is 0.490 e. The SMILES string of the molecule is CN(C)CCNC(=O)c1ccc2c(c1)ncn2-c1cccc(OCCOc2ccc(F)cc2)c1. The molecule has 34 heavy (non-hydrogen) atoms. The second kappa shape index (κ2) is 10.8. The minimum Gasteiger partial charge on any atom is -0.490 e. The Morgan fingerprint density at radius 1 is 1.00 bits per heavy atom. The number of imidazole rings is 1. The van der Waals surface area contributed by atoms with Gasteiger partial charge in [0.25, 0.3) is 5.91 Å². The average molecular weight is 463 g/mol. The first-order valence-corrected chi connectivity index (χ1v) is 11.0. The van der Waals surface area contributed by atoms with E-state index in [0.29, 0.717) is 36.8 Å². The number of rotatable bonds is 10. The third-order valence-electron chi connectivity index (χ3n) is 5.18. The summed E-state index contributed by atoms with van der Waals surface area (Å²) in [6, 6.07) is 19.0. The number of likely N-dealkylation sites (N-methyl/N-ethyl adjacent to an activating group) is 1. The summed E-state index contributed by atoms with van der Waals surface area (Å²) in [6.45, 7) is 2.04. The minimum absolute atomic E-state index is 0.114.